The summed E-state index contributed by atoms with van der Waals surface area (Å²) < 4.78 is 0. The number of pyridine rings is 1. The van der Waals surface area contributed by atoms with E-state index < -0.39 is 0 Å². The molecule has 1 heterocycles. The van der Waals surface area contributed by atoms with Gasteiger partial charge in [-0.2, -0.15) is 0 Å². The van der Waals surface area contributed by atoms with Crippen molar-refractivity contribution < 1.29 is 9.90 Å². The summed E-state index contributed by atoms with van der Waals surface area (Å²) in [7, 11) is 0. The third kappa shape index (κ3) is 6.72. The molecule has 0 saturated heterocycles. The van der Waals surface area contributed by atoms with E-state index in [1.165, 1.54) is 29.7 Å². The second-order valence-electron chi connectivity index (χ2n) is 7.33. The Labute approximate surface area is 172 Å². The Balaban J connectivity index is 1.51. The molecule has 0 saturated carbocycles. The normalized spacial score (nSPS) is 11.4. The summed E-state index contributed by atoms with van der Waals surface area (Å²) in [6.07, 6.45) is 7.40. The second kappa shape index (κ2) is 10.4. The number of aromatic nitrogens is 1. The molecule has 0 bridgehead atoms. The van der Waals surface area contributed by atoms with Gasteiger partial charge in [-0.25, -0.2) is 0 Å². The molecular weight excluding hydrogens is 358 g/mol. The number of ketones is 1. The average molecular weight is 386 g/mol. The summed E-state index contributed by atoms with van der Waals surface area (Å²) in [4.78, 5) is 15.4. The highest BCUT2D eigenvalue weighted by Crippen LogP contribution is 2.18. The predicted octanol–water partition coefficient (Wildman–Crippen LogP) is 5.89. The van der Waals surface area contributed by atoms with Crippen LogP contribution in [0.25, 0.3) is 11.3 Å². The molecule has 0 aliphatic heterocycles. The van der Waals surface area contributed by atoms with Gasteiger partial charge in [0.2, 0.25) is 0 Å². The molecule has 3 aromatic rings. The molecule has 0 unspecified atom stereocenters. The lowest BCUT2D eigenvalue weighted by Crippen LogP contribution is -1.95. The van der Waals surface area contributed by atoms with Crippen molar-refractivity contribution in [1.29, 1.82) is 0 Å². The van der Waals surface area contributed by atoms with Crippen molar-refractivity contribution >= 4 is 5.78 Å². The predicted molar refractivity (Wildman–Crippen MR) is 118 cm³/mol. The quantitative estimate of drug-likeness (QED) is 0.369. The van der Waals surface area contributed by atoms with Gasteiger partial charge >= 0.3 is 0 Å². The molecule has 0 atom stereocenters. The number of aliphatic hydroxyl groups excluding tert-OH is 1. The molecule has 0 aliphatic carbocycles. The van der Waals surface area contributed by atoms with Gasteiger partial charge in [0.25, 0.3) is 0 Å². The molecule has 0 radical (unpaired) electrons. The number of allylic oxidation sites excluding steroid dienone is 2. The zero-order valence-electron chi connectivity index (χ0n) is 16.8. The fourth-order valence-corrected chi connectivity index (χ4v) is 3.34. The molecule has 0 fully saturated rings. The van der Waals surface area contributed by atoms with E-state index in [0.717, 1.165) is 36.9 Å². The Morgan fingerprint density at radius 2 is 1.55 bits per heavy atom. The van der Waals surface area contributed by atoms with Gasteiger partial charge in [0.1, 0.15) is 0 Å². The van der Waals surface area contributed by atoms with Crippen molar-refractivity contribution in [2.24, 2.45) is 0 Å². The lowest BCUT2D eigenvalue weighted by atomic mass is 10.0. The monoisotopic (exact) mass is 385 g/mol. The fraction of sp³-hybridized carbons (Fsp3) is 0.231. The van der Waals surface area contributed by atoms with Crippen LogP contribution in [0.15, 0.2) is 84.8 Å². The molecular formula is C26H27NO2. The number of carbonyl (C=O) groups excluding carboxylic acids is 1. The molecule has 3 nitrogen and oxygen atoms in total. The second-order valence-corrected chi connectivity index (χ2v) is 7.33. The maximum Gasteiger partial charge on any atom is 0.155 e. The molecule has 148 valence electrons. The number of hydrogen-bond donors (Lipinski definition) is 1. The Morgan fingerprint density at radius 1 is 0.897 bits per heavy atom. The van der Waals surface area contributed by atoms with Gasteiger partial charge in [0.15, 0.2) is 5.78 Å². The number of aryl methyl sites for hydroxylation is 3. The first kappa shape index (κ1) is 20.5. The van der Waals surface area contributed by atoms with Gasteiger partial charge in [0.05, 0.1) is 11.5 Å². The van der Waals surface area contributed by atoms with E-state index >= 15 is 0 Å². The van der Waals surface area contributed by atoms with E-state index in [9.17, 15) is 9.90 Å². The number of rotatable bonds is 9. The number of benzene rings is 2. The van der Waals surface area contributed by atoms with E-state index in [-0.39, 0.29) is 11.5 Å². The highest BCUT2D eigenvalue weighted by Gasteiger charge is 2.02. The highest BCUT2D eigenvalue weighted by molar-refractivity contribution is 5.87. The third-order valence-corrected chi connectivity index (χ3v) is 4.89. The largest absolute Gasteiger partial charge is 0.512 e. The van der Waals surface area contributed by atoms with E-state index in [2.05, 4.69) is 53.5 Å². The number of hydrogen-bond acceptors (Lipinski definition) is 3. The topological polar surface area (TPSA) is 50.2 Å². The first-order chi connectivity index (χ1) is 14.1. The number of nitrogens with zero attached hydrogens (tertiary/aromatic N) is 1. The zero-order chi connectivity index (χ0) is 20.5. The van der Waals surface area contributed by atoms with Gasteiger partial charge < -0.3 is 5.11 Å². The fourth-order valence-electron chi connectivity index (χ4n) is 3.34. The SMILES string of the molecule is CC(=O)C=C(O)CCCc1ccc(CCc2ccnc(-c3ccccc3)c2)cc1. The summed E-state index contributed by atoms with van der Waals surface area (Å²) in [6, 6.07) is 23.2. The van der Waals surface area contributed by atoms with Crippen molar-refractivity contribution in [2.45, 2.75) is 39.0 Å². The lowest BCUT2D eigenvalue weighted by molar-refractivity contribution is -0.112. The number of carbonyl (C=O) groups is 1. The first-order valence-electron chi connectivity index (χ1n) is 10.1. The van der Waals surface area contributed by atoms with Crippen molar-refractivity contribution in [3.63, 3.8) is 0 Å². The zero-order valence-corrected chi connectivity index (χ0v) is 16.8. The van der Waals surface area contributed by atoms with E-state index in [0.29, 0.717) is 6.42 Å². The molecule has 0 aliphatic rings. The maximum atomic E-state index is 10.9. The standard InChI is InChI=1S/C26H27NO2/c1-20(28)18-25(29)9-5-6-21-10-12-22(13-11-21)14-15-23-16-17-27-26(19-23)24-7-3-2-4-8-24/h2-4,7-8,10-13,16-19,29H,5-6,9,14-15H2,1H3. The Hall–Kier alpha value is -3.20. The van der Waals surface area contributed by atoms with E-state index in [1.54, 1.807) is 0 Å². The average Bonchev–Trinajstić information content (AvgIpc) is 2.73. The van der Waals surface area contributed by atoms with Crippen LogP contribution < -0.4 is 0 Å². The van der Waals surface area contributed by atoms with Gasteiger partial charge in [-0.1, -0.05) is 54.6 Å². The smallest absolute Gasteiger partial charge is 0.155 e. The van der Waals surface area contributed by atoms with Gasteiger partial charge in [-0.3, -0.25) is 9.78 Å². The molecule has 1 N–H and O–H groups in total. The van der Waals surface area contributed by atoms with Crippen molar-refractivity contribution in [3.8, 4) is 11.3 Å². The van der Waals surface area contributed by atoms with Crippen molar-refractivity contribution in [2.75, 3.05) is 0 Å². The van der Waals surface area contributed by atoms with Crippen LogP contribution >= 0.6 is 0 Å². The summed E-state index contributed by atoms with van der Waals surface area (Å²) in [5.41, 5.74) is 6.00. The molecule has 2 aromatic carbocycles. The summed E-state index contributed by atoms with van der Waals surface area (Å²) in [5.74, 6) is 0.0540. The van der Waals surface area contributed by atoms with Crippen LogP contribution in [0.3, 0.4) is 0 Å². The summed E-state index contributed by atoms with van der Waals surface area (Å²) >= 11 is 0. The van der Waals surface area contributed by atoms with Gasteiger partial charge in [-0.15, -0.1) is 0 Å². The van der Waals surface area contributed by atoms with Crippen LogP contribution in [-0.2, 0) is 24.1 Å². The number of aliphatic hydroxyl groups is 1. The maximum absolute atomic E-state index is 10.9. The third-order valence-electron chi connectivity index (χ3n) is 4.89. The Morgan fingerprint density at radius 3 is 2.24 bits per heavy atom. The van der Waals surface area contributed by atoms with E-state index in [4.69, 9.17) is 0 Å². The Kier molecular flexibility index (Phi) is 7.34. The van der Waals surface area contributed by atoms with Crippen molar-refractivity contribution in [3.05, 3.63) is 101 Å². The minimum atomic E-state index is -0.114. The molecule has 3 rings (SSSR count). The highest BCUT2D eigenvalue weighted by atomic mass is 16.3. The molecule has 29 heavy (non-hydrogen) atoms. The molecule has 3 heteroatoms. The first-order valence-corrected chi connectivity index (χ1v) is 10.1. The lowest BCUT2D eigenvalue weighted by Gasteiger charge is -2.07. The van der Waals surface area contributed by atoms with Crippen LogP contribution in [0.1, 0.15) is 36.5 Å². The molecule has 0 amide bonds. The summed E-state index contributed by atoms with van der Waals surface area (Å²) in [5, 5.41) is 9.65. The summed E-state index contributed by atoms with van der Waals surface area (Å²) in [6.45, 7) is 1.45. The van der Waals surface area contributed by atoms with Crippen LogP contribution in [-0.4, -0.2) is 15.9 Å². The van der Waals surface area contributed by atoms with E-state index in [1.807, 2.05) is 24.4 Å². The van der Waals surface area contributed by atoms with Crippen LogP contribution in [0, 0.1) is 0 Å². The van der Waals surface area contributed by atoms with Crippen molar-refractivity contribution in [1.82, 2.24) is 4.98 Å². The van der Waals surface area contributed by atoms with Crippen LogP contribution in [0.5, 0.6) is 0 Å². The van der Waals surface area contributed by atoms with Crippen LogP contribution in [0.2, 0.25) is 0 Å². The molecule has 0 spiro atoms. The molecule has 1 aromatic heterocycles. The minimum Gasteiger partial charge on any atom is -0.512 e. The van der Waals surface area contributed by atoms with Gasteiger partial charge in [0, 0.05) is 24.3 Å². The van der Waals surface area contributed by atoms with Crippen LogP contribution in [0.4, 0.5) is 0 Å². The van der Waals surface area contributed by atoms with Gasteiger partial charge in [-0.05, 0) is 61.4 Å². The Bertz CT molecular complexity index is 960. The minimum absolute atomic E-state index is 0.114.